The quantitative estimate of drug-likeness (QED) is 0.900. The number of likely N-dealkylation sites (tertiary alicyclic amines) is 1. The van der Waals surface area contributed by atoms with Gasteiger partial charge in [0.25, 0.3) is 0 Å². The maximum Gasteiger partial charge on any atom is 0.121 e. The second kappa shape index (κ2) is 4.90. The van der Waals surface area contributed by atoms with E-state index in [1.54, 1.807) is 0 Å². The number of hydrogen-bond donors (Lipinski definition) is 1. The Morgan fingerprint density at radius 1 is 1.50 bits per heavy atom. The molecule has 1 aromatic heterocycles. The number of rotatable bonds is 2. The van der Waals surface area contributed by atoms with Crippen LogP contribution in [-0.4, -0.2) is 28.0 Å². The van der Waals surface area contributed by atoms with Crippen molar-refractivity contribution in [3.8, 4) is 0 Å². The predicted molar refractivity (Wildman–Crippen MR) is 74.8 cm³/mol. The highest BCUT2D eigenvalue weighted by molar-refractivity contribution is 6.31. The minimum atomic E-state index is 0.754. The largest absolute Gasteiger partial charge is 0.341 e. The first-order valence-electron chi connectivity index (χ1n) is 6.57. The van der Waals surface area contributed by atoms with E-state index in [0.29, 0.717) is 0 Å². The average molecular weight is 264 g/mol. The standard InChI is InChI=1S/C14H18ClN3/c1-10-3-2-6-18(8-10)9-14-16-12-5-4-11(15)7-13(12)17-14/h4-5,7,10H,2-3,6,8-9H2,1H3,(H,16,17)/t10-/m0/s1. The molecule has 0 radical (unpaired) electrons. The van der Waals surface area contributed by atoms with Crippen LogP contribution in [0, 0.1) is 5.92 Å². The third kappa shape index (κ3) is 2.52. The molecule has 96 valence electrons. The first kappa shape index (κ1) is 12.0. The zero-order chi connectivity index (χ0) is 12.5. The zero-order valence-electron chi connectivity index (χ0n) is 10.6. The van der Waals surface area contributed by atoms with Crippen LogP contribution >= 0.6 is 11.6 Å². The van der Waals surface area contributed by atoms with Gasteiger partial charge in [-0.15, -0.1) is 0 Å². The van der Waals surface area contributed by atoms with Gasteiger partial charge in [0.05, 0.1) is 17.6 Å². The van der Waals surface area contributed by atoms with Gasteiger partial charge in [-0.25, -0.2) is 4.98 Å². The van der Waals surface area contributed by atoms with E-state index in [1.165, 1.54) is 25.9 Å². The topological polar surface area (TPSA) is 31.9 Å². The van der Waals surface area contributed by atoms with Crippen molar-refractivity contribution in [3.63, 3.8) is 0 Å². The molecule has 1 aliphatic rings. The van der Waals surface area contributed by atoms with Crippen molar-refractivity contribution in [2.45, 2.75) is 26.3 Å². The molecule has 18 heavy (non-hydrogen) atoms. The molecule has 2 aromatic rings. The van der Waals surface area contributed by atoms with Crippen LogP contribution < -0.4 is 0 Å². The van der Waals surface area contributed by atoms with Crippen LogP contribution in [0.4, 0.5) is 0 Å². The molecule has 3 nitrogen and oxygen atoms in total. The van der Waals surface area contributed by atoms with Crippen LogP contribution in [0.1, 0.15) is 25.6 Å². The second-order valence-electron chi connectivity index (χ2n) is 5.33. The van der Waals surface area contributed by atoms with Crippen LogP contribution in [0.15, 0.2) is 18.2 Å². The van der Waals surface area contributed by atoms with Crippen molar-refractivity contribution >= 4 is 22.6 Å². The van der Waals surface area contributed by atoms with Gasteiger partial charge in [0.2, 0.25) is 0 Å². The molecule has 0 spiro atoms. The van der Waals surface area contributed by atoms with Gasteiger partial charge < -0.3 is 4.98 Å². The summed E-state index contributed by atoms with van der Waals surface area (Å²) in [5, 5.41) is 0.754. The second-order valence-corrected chi connectivity index (χ2v) is 5.76. The monoisotopic (exact) mass is 263 g/mol. The van der Waals surface area contributed by atoms with Gasteiger partial charge in [-0.2, -0.15) is 0 Å². The zero-order valence-corrected chi connectivity index (χ0v) is 11.4. The Kier molecular flexibility index (Phi) is 3.27. The van der Waals surface area contributed by atoms with E-state index < -0.39 is 0 Å². The van der Waals surface area contributed by atoms with Gasteiger partial charge in [0, 0.05) is 11.6 Å². The highest BCUT2D eigenvalue weighted by atomic mass is 35.5. The smallest absolute Gasteiger partial charge is 0.121 e. The number of aromatic amines is 1. The van der Waals surface area contributed by atoms with Crippen molar-refractivity contribution in [1.29, 1.82) is 0 Å². The third-order valence-electron chi connectivity index (χ3n) is 3.61. The molecule has 2 heterocycles. The van der Waals surface area contributed by atoms with Gasteiger partial charge in [0.15, 0.2) is 0 Å². The Hall–Kier alpha value is -1.06. The molecular weight excluding hydrogens is 246 g/mol. The van der Waals surface area contributed by atoms with Crippen LogP contribution in [0.25, 0.3) is 11.0 Å². The van der Waals surface area contributed by atoms with E-state index in [4.69, 9.17) is 11.6 Å². The van der Waals surface area contributed by atoms with E-state index in [9.17, 15) is 0 Å². The molecule has 1 aliphatic heterocycles. The molecule has 1 N–H and O–H groups in total. The van der Waals surface area contributed by atoms with E-state index in [2.05, 4.69) is 21.8 Å². The van der Waals surface area contributed by atoms with Gasteiger partial charge in [-0.3, -0.25) is 4.90 Å². The summed E-state index contributed by atoms with van der Waals surface area (Å²) in [5.74, 6) is 1.85. The number of fused-ring (bicyclic) bond motifs is 1. The summed E-state index contributed by atoms with van der Waals surface area (Å²) in [6, 6.07) is 5.79. The first-order valence-corrected chi connectivity index (χ1v) is 6.95. The summed E-state index contributed by atoms with van der Waals surface area (Å²) < 4.78 is 0. The third-order valence-corrected chi connectivity index (χ3v) is 3.84. The Labute approximate surface area is 112 Å². The SMILES string of the molecule is C[C@H]1CCCN(Cc2nc3ccc(Cl)cc3[nH]2)C1. The van der Waals surface area contributed by atoms with Gasteiger partial charge in [0.1, 0.15) is 5.82 Å². The number of nitrogens with zero attached hydrogens (tertiary/aromatic N) is 2. The number of imidazole rings is 1. The van der Waals surface area contributed by atoms with Crippen LogP contribution in [0.5, 0.6) is 0 Å². The minimum Gasteiger partial charge on any atom is -0.341 e. The van der Waals surface area contributed by atoms with Gasteiger partial charge in [-0.1, -0.05) is 18.5 Å². The lowest BCUT2D eigenvalue weighted by atomic mass is 10.0. The summed E-state index contributed by atoms with van der Waals surface area (Å²) >= 11 is 5.98. The summed E-state index contributed by atoms with van der Waals surface area (Å²) in [4.78, 5) is 10.5. The minimum absolute atomic E-state index is 0.754. The molecule has 0 unspecified atom stereocenters. The molecule has 4 heteroatoms. The maximum absolute atomic E-state index is 5.98. The Morgan fingerprint density at radius 2 is 2.39 bits per heavy atom. The average Bonchev–Trinajstić information content (AvgIpc) is 2.70. The summed E-state index contributed by atoms with van der Waals surface area (Å²) in [5.41, 5.74) is 2.03. The number of hydrogen-bond acceptors (Lipinski definition) is 2. The molecule has 3 rings (SSSR count). The Bertz CT molecular complexity index is 549. The molecule has 0 amide bonds. The number of aromatic nitrogens is 2. The highest BCUT2D eigenvalue weighted by Gasteiger charge is 2.17. The predicted octanol–water partition coefficient (Wildman–Crippen LogP) is 3.45. The number of benzene rings is 1. The van der Waals surface area contributed by atoms with Crippen LogP contribution in [-0.2, 0) is 6.54 Å². The molecule has 1 saturated heterocycles. The van der Waals surface area contributed by atoms with Gasteiger partial charge in [-0.05, 0) is 43.5 Å². The van der Waals surface area contributed by atoms with E-state index >= 15 is 0 Å². The molecule has 1 fully saturated rings. The number of H-pyrrole nitrogens is 1. The van der Waals surface area contributed by atoms with Crippen molar-refractivity contribution in [3.05, 3.63) is 29.0 Å². The van der Waals surface area contributed by atoms with Gasteiger partial charge >= 0.3 is 0 Å². The summed E-state index contributed by atoms with van der Waals surface area (Å²) in [6.07, 6.45) is 2.65. The lowest BCUT2D eigenvalue weighted by Crippen LogP contribution is -2.34. The maximum atomic E-state index is 5.98. The number of nitrogens with one attached hydrogen (secondary N) is 1. The van der Waals surface area contributed by atoms with Crippen LogP contribution in [0.3, 0.4) is 0 Å². The lowest BCUT2D eigenvalue weighted by Gasteiger charge is -2.29. The Morgan fingerprint density at radius 3 is 3.22 bits per heavy atom. The molecular formula is C14H18ClN3. The number of halogens is 1. The summed E-state index contributed by atoms with van der Waals surface area (Å²) in [7, 11) is 0. The van der Waals surface area contributed by atoms with Crippen molar-refractivity contribution in [1.82, 2.24) is 14.9 Å². The van der Waals surface area contributed by atoms with Crippen LogP contribution in [0.2, 0.25) is 5.02 Å². The summed E-state index contributed by atoms with van der Waals surface area (Å²) in [6.45, 7) is 5.60. The molecule has 0 saturated carbocycles. The van der Waals surface area contributed by atoms with E-state index in [1.807, 2.05) is 18.2 Å². The fourth-order valence-corrected chi connectivity index (χ4v) is 2.92. The number of piperidine rings is 1. The first-order chi connectivity index (χ1) is 8.70. The molecule has 0 bridgehead atoms. The highest BCUT2D eigenvalue weighted by Crippen LogP contribution is 2.20. The normalized spacial score (nSPS) is 21.6. The molecule has 0 aliphatic carbocycles. The van der Waals surface area contributed by atoms with E-state index in [-0.39, 0.29) is 0 Å². The lowest BCUT2D eigenvalue weighted by molar-refractivity contribution is 0.173. The van der Waals surface area contributed by atoms with Crippen molar-refractivity contribution in [2.24, 2.45) is 5.92 Å². The van der Waals surface area contributed by atoms with E-state index in [0.717, 1.165) is 34.3 Å². The van der Waals surface area contributed by atoms with Crippen molar-refractivity contribution < 1.29 is 0 Å². The molecule has 1 atom stereocenters. The van der Waals surface area contributed by atoms with Crippen molar-refractivity contribution in [2.75, 3.05) is 13.1 Å². The Balaban J connectivity index is 1.78. The molecule has 1 aromatic carbocycles. The fraction of sp³-hybridized carbons (Fsp3) is 0.500. The fourth-order valence-electron chi connectivity index (χ4n) is 2.75.